The van der Waals surface area contributed by atoms with E-state index in [1.807, 2.05) is 36.4 Å². The quantitative estimate of drug-likeness (QED) is 0.508. The highest BCUT2D eigenvalue weighted by atomic mass is 79.9. The monoisotopic (exact) mass is 448 g/mol. The molecule has 0 amide bonds. The molecule has 27 heavy (non-hydrogen) atoms. The van der Waals surface area contributed by atoms with Crippen LogP contribution in [0, 0.1) is 0 Å². The molecule has 0 spiro atoms. The van der Waals surface area contributed by atoms with Crippen LogP contribution in [-0.4, -0.2) is 39.7 Å². The molecule has 0 saturated heterocycles. The van der Waals surface area contributed by atoms with Crippen LogP contribution in [0.2, 0.25) is 0 Å². The second-order valence-electron chi connectivity index (χ2n) is 5.39. The fourth-order valence-electron chi connectivity index (χ4n) is 2.26. The summed E-state index contributed by atoms with van der Waals surface area (Å²) in [7, 11) is 1.62. The fraction of sp³-hybridized carbons (Fsp3) is 0.222. The van der Waals surface area contributed by atoms with E-state index in [2.05, 4.69) is 31.2 Å². The summed E-state index contributed by atoms with van der Waals surface area (Å²) in [5.74, 6) is 0.274. The molecule has 7 nitrogen and oxygen atoms in total. The van der Waals surface area contributed by atoms with Crippen molar-refractivity contribution in [3.63, 3.8) is 0 Å². The molecule has 2 heterocycles. The Morgan fingerprint density at radius 3 is 2.63 bits per heavy atom. The second kappa shape index (κ2) is 9.01. The number of benzene rings is 1. The van der Waals surface area contributed by atoms with Gasteiger partial charge in [0.25, 0.3) is 0 Å². The first-order valence-corrected chi connectivity index (χ1v) is 9.74. The van der Waals surface area contributed by atoms with Crippen molar-refractivity contribution < 1.29 is 14.3 Å². The van der Waals surface area contributed by atoms with Crippen LogP contribution in [0.4, 0.5) is 0 Å². The Labute approximate surface area is 169 Å². The third-order valence-electron chi connectivity index (χ3n) is 3.55. The maximum atomic E-state index is 12.3. The van der Waals surface area contributed by atoms with Crippen molar-refractivity contribution in [2.75, 3.05) is 13.7 Å². The number of pyridine rings is 1. The van der Waals surface area contributed by atoms with Crippen LogP contribution in [0.5, 0.6) is 5.75 Å². The first-order chi connectivity index (χ1) is 13.1. The van der Waals surface area contributed by atoms with Gasteiger partial charge in [0, 0.05) is 10.7 Å². The first-order valence-electron chi connectivity index (χ1n) is 8.13. The van der Waals surface area contributed by atoms with Gasteiger partial charge in [0.05, 0.1) is 20.3 Å². The number of carbonyl (C=O) groups is 1. The van der Waals surface area contributed by atoms with E-state index in [4.69, 9.17) is 9.47 Å². The standard InChI is InChI=1S/C18H17BrN4O3S/c1-3-26-18(24)16-17(27-15-9-6-13(19)10-20-15)23(22-21-16)11-12-4-7-14(25-2)8-5-12/h4-10H,3,11H2,1-2H3. The molecule has 0 aliphatic heterocycles. The van der Waals surface area contributed by atoms with Gasteiger partial charge in [0.2, 0.25) is 5.69 Å². The lowest BCUT2D eigenvalue weighted by atomic mass is 10.2. The van der Waals surface area contributed by atoms with Crippen molar-refractivity contribution >= 4 is 33.7 Å². The third kappa shape index (κ3) is 4.86. The molecule has 2 aromatic heterocycles. The highest BCUT2D eigenvalue weighted by molar-refractivity contribution is 9.10. The Kier molecular flexibility index (Phi) is 6.46. The van der Waals surface area contributed by atoms with Crippen molar-refractivity contribution in [1.82, 2.24) is 20.0 Å². The molecular formula is C18H17BrN4O3S. The average Bonchev–Trinajstić information content (AvgIpc) is 3.07. The van der Waals surface area contributed by atoms with E-state index in [9.17, 15) is 4.79 Å². The molecule has 140 valence electrons. The molecule has 0 saturated carbocycles. The van der Waals surface area contributed by atoms with Gasteiger partial charge in [-0.25, -0.2) is 14.5 Å². The van der Waals surface area contributed by atoms with Gasteiger partial charge >= 0.3 is 5.97 Å². The lowest BCUT2D eigenvalue weighted by Gasteiger charge is -2.08. The summed E-state index contributed by atoms with van der Waals surface area (Å²) in [6.45, 7) is 2.48. The first kappa shape index (κ1) is 19.4. The molecule has 3 rings (SSSR count). The summed E-state index contributed by atoms with van der Waals surface area (Å²) < 4.78 is 12.8. The number of carbonyl (C=O) groups excluding carboxylic acids is 1. The number of methoxy groups -OCH3 is 1. The number of hydrogen-bond acceptors (Lipinski definition) is 7. The largest absolute Gasteiger partial charge is 0.497 e. The summed E-state index contributed by atoms with van der Waals surface area (Å²) in [5.41, 5.74) is 1.18. The Morgan fingerprint density at radius 2 is 2.00 bits per heavy atom. The van der Waals surface area contributed by atoms with Crippen LogP contribution < -0.4 is 4.74 Å². The van der Waals surface area contributed by atoms with Crippen molar-refractivity contribution in [1.29, 1.82) is 0 Å². The summed E-state index contributed by atoms with van der Waals surface area (Å²) in [5, 5.41) is 9.49. The number of esters is 1. The SMILES string of the molecule is CCOC(=O)c1nnn(Cc2ccc(OC)cc2)c1Sc1ccc(Br)cn1. The van der Waals surface area contributed by atoms with Crippen molar-refractivity contribution in [3.8, 4) is 5.75 Å². The minimum absolute atomic E-state index is 0.181. The number of ether oxygens (including phenoxy) is 2. The molecule has 0 radical (unpaired) electrons. The predicted octanol–water partition coefficient (Wildman–Crippen LogP) is 3.82. The normalized spacial score (nSPS) is 10.6. The molecule has 0 fully saturated rings. The Balaban J connectivity index is 1.91. The molecule has 0 unspecified atom stereocenters. The molecule has 0 aliphatic carbocycles. The van der Waals surface area contributed by atoms with Crippen LogP contribution in [0.1, 0.15) is 23.0 Å². The Bertz CT molecular complexity index is 913. The van der Waals surface area contributed by atoms with E-state index in [-0.39, 0.29) is 12.3 Å². The lowest BCUT2D eigenvalue weighted by molar-refractivity contribution is 0.0515. The maximum Gasteiger partial charge on any atom is 0.361 e. The van der Waals surface area contributed by atoms with Gasteiger partial charge < -0.3 is 9.47 Å². The second-order valence-corrected chi connectivity index (χ2v) is 7.31. The molecule has 9 heteroatoms. The smallest absolute Gasteiger partial charge is 0.361 e. The summed E-state index contributed by atoms with van der Waals surface area (Å²) in [6.07, 6.45) is 1.70. The van der Waals surface area contributed by atoms with Crippen LogP contribution in [0.15, 0.2) is 57.1 Å². The maximum absolute atomic E-state index is 12.3. The number of halogens is 1. The minimum atomic E-state index is -0.502. The molecule has 0 aliphatic rings. The van der Waals surface area contributed by atoms with E-state index < -0.39 is 5.97 Å². The summed E-state index contributed by atoms with van der Waals surface area (Å²) in [6, 6.07) is 11.4. The van der Waals surface area contributed by atoms with Gasteiger partial charge in [-0.2, -0.15) is 0 Å². The third-order valence-corrected chi connectivity index (χ3v) is 5.07. The predicted molar refractivity (Wildman–Crippen MR) is 104 cm³/mol. The Morgan fingerprint density at radius 1 is 1.22 bits per heavy atom. The van der Waals surface area contributed by atoms with Gasteiger partial charge in [0.15, 0.2) is 0 Å². The van der Waals surface area contributed by atoms with E-state index in [0.29, 0.717) is 11.6 Å². The topological polar surface area (TPSA) is 79.1 Å². The zero-order valence-electron chi connectivity index (χ0n) is 14.8. The number of rotatable bonds is 7. The van der Waals surface area contributed by atoms with Crippen molar-refractivity contribution in [3.05, 3.63) is 58.3 Å². The van der Waals surface area contributed by atoms with Gasteiger partial charge in [-0.05, 0) is 64.4 Å². The summed E-state index contributed by atoms with van der Waals surface area (Å²) in [4.78, 5) is 16.6. The number of nitrogens with zero attached hydrogens (tertiary/aromatic N) is 4. The molecule has 0 atom stereocenters. The van der Waals surface area contributed by atoms with E-state index in [1.54, 1.807) is 24.9 Å². The van der Waals surface area contributed by atoms with Gasteiger partial charge in [-0.15, -0.1) is 5.10 Å². The van der Waals surface area contributed by atoms with Crippen LogP contribution in [0.3, 0.4) is 0 Å². The van der Waals surface area contributed by atoms with Crippen molar-refractivity contribution in [2.45, 2.75) is 23.5 Å². The summed E-state index contributed by atoms with van der Waals surface area (Å²) >= 11 is 4.68. The number of hydrogen-bond donors (Lipinski definition) is 0. The Hall–Kier alpha value is -2.39. The highest BCUT2D eigenvalue weighted by Crippen LogP contribution is 2.30. The lowest BCUT2D eigenvalue weighted by Crippen LogP contribution is -2.08. The fourth-order valence-corrected chi connectivity index (χ4v) is 3.36. The van der Waals surface area contributed by atoms with Gasteiger partial charge in [-0.3, -0.25) is 0 Å². The molecule has 1 aromatic carbocycles. The molecular weight excluding hydrogens is 432 g/mol. The highest BCUT2D eigenvalue weighted by Gasteiger charge is 2.22. The molecule has 0 bridgehead atoms. The number of aromatic nitrogens is 4. The molecule has 3 aromatic rings. The average molecular weight is 449 g/mol. The van der Waals surface area contributed by atoms with Crippen LogP contribution in [-0.2, 0) is 11.3 Å². The van der Waals surface area contributed by atoms with Crippen LogP contribution in [0.25, 0.3) is 0 Å². The zero-order valence-corrected chi connectivity index (χ0v) is 17.2. The van der Waals surface area contributed by atoms with Crippen LogP contribution >= 0.6 is 27.7 Å². The van der Waals surface area contributed by atoms with Gasteiger partial charge in [0.1, 0.15) is 15.8 Å². The zero-order chi connectivity index (χ0) is 19.2. The molecule has 0 N–H and O–H groups in total. The van der Waals surface area contributed by atoms with E-state index >= 15 is 0 Å². The van der Waals surface area contributed by atoms with E-state index in [0.717, 1.165) is 20.8 Å². The minimum Gasteiger partial charge on any atom is -0.497 e. The van der Waals surface area contributed by atoms with E-state index in [1.165, 1.54) is 11.8 Å². The van der Waals surface area contributed by atoms with Crippen molar-refractivity contribution in [2.24, 2.45) is 0 Å². The van der Waals surface area contributed by atoms with Gasteiger partial charge in [-0.1, -0.05) is 17.3 Å².